The Balaban J connectivity index is 1.27. The molecule has 0 spiro atoms. The summed E-state index contributed by atoms with van der Waals surface area (Å²) >= 11 is 1.61. The molecule has 0 saturated heterocycles. The number of ether oxygens (including phenoxy) is 2. The molecule has 0 saturated carbocycles. The van der Waals surface area contributed by atoms with Crippen LogP contribution in [-0.2, 0) is 13.0 Å². The summed E-state index contributed by atoms with van der Waals surface area (Å²) in [4.78, 5) is 9.29. The third-order valence-corrected chi connectivity index (χ3v) is 7.36. The number of aliphatic hydroxyl groups is 1. The first kappa shape index (κ1) is 20.9. The first-order valence-corrected chi connectivity index (χ1v) is 11.9. The van der Waals surface area contributed by atoms with Crippen molar-refractivity contribution in [1.82, 2.24) is 14.5 Å². The molecule has 0 aliphatic heterocycles. The molecule has 1 aliphatic carbocycles. The van der Waals surface area contributed by atoms with Gasteiger partial charge in [-0.2, -0.15) is 0 Å². The number of thiazole rings is 1. The van der Waals surface area contributed by atoms with E-state index in [4.69, 9.17) is 14.5 Å². The quantitative estimate of drug-likeness (QED) is 0.370. The molecule has 0 amide bonds. The minimum absolute atomic E-state index is 0.138. The number of aliphatic hydroxyl groups excluding tert-OH is 1. The van der Waals surface area contributed by atoms with Gasteiger partial charge in [0, 0.05) is 25.1 Å². The first-order valence-electron chi connectivity index (χ1n) is 11.1. The standard InChI is InChI=1S/C26H24N4O3S/c1-32-22-11-19-20(12-23(22)33-2)30(14-27-19)13-15-7-8-18-24(9-15)34-26(28-18)29-25-17-6-4-3-5-16(17)10-21(25)31/h3-9,11-12,14,21,25,31H,10,13H2,1-2H3,(H,28,29)/t21-,25-/m1/s1. The van der Waals surface area contributed by atoms with Gasteiger partial charge in [-0.15, -0.1) is 0 Å². The van der Waals surface area contributed by atoms with Crippen molar-refractivity contribution in [3.05, 3.63) is 77.6 Å². The maximum Gasteiger partial charge on any atom is 0.184 e. The lowest BCUT2D eigenvalue weighted by molar-refractivity contribution is 0.166. The van der Waals surface area contributed by atoms with Crippen molar-refractivity contribution < 1.29 is 14.6 Å². The van der Waals surface area contributed by atoms with Gasteiger partial charge in [-0.3, -0.25) is 0 Å². The maximum absolute atomic E-state index is 10.6. The number of anilines is 1. The zero-order chi connectivity index (χ0) is 23.2. The molecule has 7 nitrogen and oxygen atoms in total. The molecular formula is C26H24N4O3S. The van der Waals surface area contributed by atoms with Gasteiger partial charge >= 0.3 is 0 Å². The van der Waals surface area contributed by atoms with Gasteiger partial charge in [0.15, 0.2) is 16.6 Å². The van der Waals surface area contributed by atoms with Gasteiger partial charge in [0.2, 0.25) is 0 Å². The molecule has 34 heavy (non-hydrogen) atoms. The third-order valence-electron chi connectivity index (χ3n) is 6.42. The summed E-state index contributed by atoms with van der Waals surface area (Å²) in [6.07, 6.45) is 2.05. The van der Waals surface area contributed by atoms with Gasteiger partial charge in [0.1, 0.15) is 0 Å². The number of imidazole rings is 1. The number of nitrogens with zero attached hydrogens (tertiary/aromatic N) is 3. The van der Waals surface area contributed by atoms with Crippen LogP contribution in [0.25, 0.3) is 21.3 Å². The van der Waals surface area contributed by atoms with Gasteiger partial charge in [0.25, 0.3) is 0 Å². The fourth-order valence-electron chi connectivity index (χ4n) is 4.72. The Morgan fingerprint density at radius 2 is 1.88 bits per heavy atom. The molecule has 3 aromatic carbocycles. The van der Waals surface area contributed by atoms with Crippen molar-refractivity contribution in [3.63, 3.8) is 0 Å². The van der Waals surface area contributed by atoms with E-state index in [1.807, 2.05) is 36.7 Å². The number of benzene rings is 3. The number of hydrogen-bond donors (Lipinski definition) is 2. The third kappa shape index (κ3) is 3.55. The number of hydrogen-bond acceptors (Lipinski definition) is 7. The highest BCUT2D eigenvalue weighted by molar-refractivity contribution is 7.22. The second kappa shape index (κ2) is 8.30. The Labute approximate surface area is 200 Å². The minimum Gasteiger partial charge on any atom is -0.493 e. The highest BCUT2D eigenvalue weighted by Gasteiger charge is 2.31. The van der Waals surface area contributed by atoms with E-state index in [9.17, 15) is 5.11 Å². The van der Waals surface area contributed by atoms with E-state index in [1.165, 1.54) is 5.56 Å². The maximum atomic E-state index is 10.6. The summed E-state index contributed by atoms with van der Waals surface area (Å²) in [5.41, 5.74) is 6.28. The molecule has 1 aliphatic rings. The van der Waals surface area contributed by atoms with E-state index in [0.717, 1.165) is 37.5 Å². The Bertz CT molecular complexity index is 1510. The monoisotopic (exact) mass is 472 g/mol. The summed E-state index contributed by atoms with van der Waals surface area (Å²) in [6.45, 7) is 0.678. The SMILES string of the molecule is COc1cc2ncn(Cc3ccc4nc(N[C@@H]5c6ccccc6C[C@H]5O)sc4c3)c2cc1OC. The second-order valence-electron chi connectivity index (χ2n) is 8.48. The average Bonchev–Trinajstić information content (AvgIpc) is 3.53. The van der Waals surface area contributed by atoms with Crippen molar-refractivity contribution in [2.24, 2.45) is 0 Å². The first-order chi connectivity index (χ1) is 16.6. The van der Waals surface area contributed by atoms with E-state index in [1.54, 1.807) is 25.6 Å². The zero-order valence-corrected chi connectivity index (χ0v) is 19.7. The minimum atomic E-state index is -0.454. The van der Waals surface area contributed by atoms with Crippen molar-refractivity contribution in [3.8, 4) is 11.5 Å². The van der Waals surface area contributed by atoms with Crippen molar-refractivity contribution in [2.75, 3.05) is 19.5 Å². The van der Waals surface area contributed by atoms with Crippen LogP contribution in [0.5, 0.6) is 11.5 Å². The van der Waals surface area contributed by atoms with Gasteiger partial charge < -0.3 is 24.5 Å². The van der Waals surface area contributed by atoms with Crippen LogP contribution in [0.15, 0.2) is 60.9 Å². The predicted octanol–water partition coefficient (Wildman–Crippen LogP) is 4.78. The van der Waals surface area contributed by atoms with Gasteiger partial charge in [0.05, 0.1) is 53.9 Å². The molecular weight excluding hydrogens is 448 g/mol. The summed E-state index contributed by atoms with van der Waals surface area (Å²) in [5, 5.41) is 14.9. The smallest absolute Gasteiger partial charge is 0.184 e. The van der Waals surface area contributed by atoms with E-state index in [0.29, 0.717) is 24.5 Å². The summed E-state index contributed by atoms with van der Waals surface area (Å²) < 4.78 is 14.1. The van der Waals surface area contributed by atoms with Crippen molar-refractivity contribution in [2.45, 2.75) is 25.1 Å². The fourth-order valence-corrected chi connectivity index (χ4v) is 5.68. The average molecular weight is 473 g/mol. The Morgan fingerprint density at radius 1 is 1.06 bits per heavy atom. The van der Waals surface area contributed by atoms with E-state index < -0.39 is 6.10 Å². The van der Waals surface area contributed by atoms with Crippen LogP contribution in [0.1, 0.15) is 22.7 Å². The summed E-state index contributed by atoms with van der Waals surface area (Å²) in [7, 11) is 3.26. The Hall–Kier alpha value is -3.62. The van der Waals surface area contributed by atoms with E-state index in [2.05, 4.69) is 39.1 Å². The predicted molar refractivity (Wildman–Crippen MR) is 134 cm³/mol. The molecule has 0 bridgehead atoms. The molecule has 2 N–H and O–H groups in total. The highest BCUT2D eigenvalue weighted by atomic mass is 32.1. The van der Waals surface area contributed by atoms with Crippen LogP contribution >= 0.6 is 11.3 Å². The molecule has 0 fully saturated rings. The fraction of sp³-hybridized carbons (Fsp3) is 0.231. The Kier molecular flexibility index (Phi) is 5.12. The van der Waals surface area contributed by atoms with Crippen LogP contribution in [0, 0.1) is 0 Å². The van der Waals surface area contributed by atoms with E-state index >= 15 is 0 Å². The van der Waals surface area contributed by atoms with Crippen LogP contribution in [-0.4, -0.2) is 40.0 Å². The second-order valence-corrected chi connectivity index (χ2v) is 9.51. The topological polar surface area (TPSA) is 81.4 Å². The molecule has 6 rings (SSSR count). The van der Waals surface area contributed by atoms with Gasteiger partial charge in [-0.25, -0.2) is 9.97 Å². The Morgan fingerprint density at radius 3 is 2.74 bits per heavy atom. The molecule has 2 heterocycles. The van der Waals surface area contributed by atoms with Crippen molar-refractivity contribution >= 4 is 37.7 Å². The lowest BCUT2D eigenvalue weighted by atomic mass is 10.1. The number of fused-ring (bicyclic) bond motifs is 3. The van der Waals surface area contributed by atoms with Crippen LogP contribution in [0.2, 0.25) is 0 Å². The lowest BCUT2D eigenvalue weighted by Crippen LogP contribution is -2.20. The molecule has 2 aromatic heterocycles. The normalized spacial score (nSPS) is 17.3. The number of nitrogens with one attached hydrogen (secondary N) is 1. The van der Waals surface area contributed by atoms with E-state index in [-0.39, 0.29) is 6.04 Å². The summed E-state index contributed by atoms with van der Waals surface area (Å²) in [5.74, 6) is 1.35. The molecule has 5 aromatic rings. The molecule has 0 unspecified atom stereocenters. The van der Waals surface area contributed by atoms with Gasteiger partial charge in [-0.05, 0) is 28.8 Å². The number of methoxy groups -OCH3 is 2. The van der Waals surface area contributed by atoms with Crippen molar-refractivity contribution in [1.29, 1.82) is 0 Å². The molecule has 172 valence electrons. The van der Waals surface area contributed by atoms with Crippen LogP contribution in [0.4, 0.5) is 5.13 Å². The highest BCUT2D eigenvalue weighted by Crippen LogP contribution is 2.37. The largest absolute Gasteiger partial charge is 0.493 e. The van der Waals surface area contributed by atoms with Crippen LogP contribution in [0.3, 0.4) is 0 Å². The summed E-state index contributed by atoms with van der Waals surface area (Å²) in [6, 6.07) is 18.2. The number of rotatable bonds is 6. The zero-order valence-electron chi connectivity index (χ0n) is 18.9. The van der Waals surface area contributed by atoms with Crippen LogP contribution < -0.4 is 14.8 Å². The lowest BCUT2D eigenvalue weighted by Gasteiger charge is -2.16. The molecule has 0 radical (unpaired) electrons. The van der Waals surface area contributed by atoms with Gasteiger partial charge in [-0.1, -0.05) is 41.7 Å². The molecule has 2 atom stereocenters. The number of aromatic nitrogens is 3. The molecule has 8 heteroatoms.